The van der Waals surface area contributed by atoms with Crippen molar-refractivity contribution in [1.29, 1.82) is 0 Å². The van der Waals surface area contributed by atoms with E-state index in [1.54, 1.807) is 48.5 Å². The average molecular weight is 639 g/mol. The minimum atomic E-state index is -0.233. The third-order valence-electron chi connectivity index (χ3n) is 5.39. The van der Waals surface area contributed by atoms with Crippen molar-refractivity contribution in [2.45, 2.75) is 41.5 Å². The molecular weight excluding hydrogens is 592 g/mol. The molecule has 0 bridgehead atoms. The summed E-state index contributed by atoms with van der Waals surface area (Å²) in [6.45, 7) is 16.5. The van der Waals surface area contributed by atoms with Gasteiger partial charge in [0.1, 0.15) is 0 Å². The zero-order valence-electron chi connectivity index (χ0n) is 25.8. The molecule has 0 aromatic heterocycles. The summed E-state index contributed by atoms with van der Waals surface area (Å²) in [6, 6.07) is 17.4. The van der Waals surface area contributed by atoms with Gasteiger partial charge < -0.3 is 39.2 Å². The summed E-state index contributed by atoms with van der Waals surface area (Å²) in [5.74, 6) is -0.904. The zero-order valence-corrected chi connectivity index (χ0v) is 28.2. The molecule has 0 unspecified atom stereocenters. The predicted octanol–water partition coefficient (Wildman–Crippen LogP) is 3.12. The fraction of sp³-hybridized carbons (Fsp3) is 0.438. The van der Waals surface area contributed by atoms with Crippen LogP contribution in [0.5, 0.6) is 0 Å². The minimum Gasteiger partial charge on any atom is -0.854 e. The van der Waals surface area contributed by atoms with E-state index in [2.05, 4.69) is 37.5 Å². The Kier molecular flexibility index (Phi) is 35.1. The third kappa shape index (κ3) is 26.6. The van der Waals surface area contributed by atoms with Crippen LogP contribution in [0.1, 0.15) is 62.3 Å². The molecule has 8 nitrogen and oxygen atoms in total. The van der Waals surface area contributed by atoms with Crippen LogP contribution in [0.15, 0.2) is 60.7 Å². The van der Waals surface area contributed by atoms with Gasteiger partial charge in [-0.15, -0.1) is 73.9 Å². The Labute approximate surface area is 274 Å². The number of benzene rings is 2. The van der Waals surface area contributed by atoms with Crippen LogP contribution in [-0.4, -0.2) is 85.4 Å². The summed E-state index contributed by atoms with van der Waals surface area (Å²) in [5.41, 5.74) is 1.10. The van der Waals surface area contributed by atoms with Crippen molar-refractivity contribution in [3.8, 4) is 0 Å². The molecular formula is C32H47ClN2O6Ti. The predicted molar refractivity (Wildman–Crippen MR) is 164 cm³/mol. The van der Waals surface area contributed by atoms with Crippen LogP contribution in [0.25, 0.3) is 0 Å². The fourth-order valence-electron chi connectivity index (χ4n) is 3.08. The second-order valence-corrected chi connectivity index (χ2v) is 8.43. The fourth-order valence-corrected chi connectivity index (χ4v) is 3.08. The second-order valence-electron chi connectivity index (χ2n) is 8.43. The van der Waals surface area contributed by atoms with E-state index in [0.29, 0.717) is 24.2 Å². The molecule has 10 heteroatoms. The number of hydrogen-bond acceptors (Lipinski definition) is 8. The van der Waals surface area contributed by atoms with Crippen molar-refractivity contribution < 1.29 is 51.1 Å². The molecule has 0 spiro atoms. The van der Waals surface area contributed by atoms with E-state index in [-0.39, 0.29) is 70.5 Å². The summed E-state index contributed by atoms with van der Waals surface area (Å²) in [6.07, 6.45) is 2.19. The molecule has 0 radical (unpaired) electrons. The first kappa shape index (κ1) is 46.7. The van der Waals surface area contributed by atoms with Crippen LogP contribution in [0.4, 0.5) is 0 Å². The van der Waals surface area contributed by atoms with Crippen LogP contribution in [0.3, 0.4) is 0 Å². The number of halogens is 1. The van der Waals surface area contributed by atoms with Gasteiger partial charge in [0.2, 0.25) is 0 Å². The first-order valence-electron chi connectivity index (χ1n) is 13.6. The number of carbonyl (C=O) groups excluding carboxylic acids is 4. The molecule has 0 fully saturated rings. The summed E-state index contributed by atoms with van der Waals surface area (Å²) in [5, 5.41) is 20.0. The quantitative estimate of drug-likeness (QED) is 0.134. The monoisotopic (exact) mass is 638 g/mol. The minimum absolute atomic E-state index is 0. The molecule has 0 saturated heterocycles. The molecule has 0 saturated carbocycles. The van der Waals surface area contributed by atoms with Crippen molar-refractivity contribution in [2.75, 3.05) is 52.5 Å². The summed E-state index contributed by atoms with van der Waals surface area (Å²) in [4.78, 5) is 47.7. The maximum absolute atomic E-state index is 11.2. The number of likely N-dealkylation sites (N-methyl/N-ethyl adjacent to an activating group) is 2. The maximum Gasteiger partial charge on any atom is 4.00 e. The Morgan fingerprint density at radius 2 is 0.857 bits per heavy atom. The normalized spacial score (nSPS) is 9.19. The van der Waals surface area contributed by atoms with E-state index >= 15 is 0 Å². The van der Waals surface area contributed by atoms with E-state index in [1.807, 2.05) is 12.1 Å². The average Bonchev–Trinajstić information content (AvgIpc) is 2.96. The SMILES string of the molecule is CC(=O)[CH-]C(=O)c1ccccc1.CC(=O)[CH-]C(=O)c1ccccc1.CCN(CC)CC[O-].CCN(CC)CC[O-].Cl.[Ti+4]. The van der Waals surface area contributed by atoms with Gasteiger partial charge in [-0.05, 0) is 53.1 Å². The summed E-state index contributed by atoms with van der Waals surface area (Å²) >= 11 is 0. The van der Waals surface area contributed by atoms with Gasteiger partial charge >= 0.3 is 21.7 Å². The number of ketones is 4. The Morgan fingerprint density at radius 1 is 0.595 bits per heavy atom. The van der Waals surface area contributed by atoms with Crippen LogP contribution in [-0.2, 0) is 31.3 Å². The van der Waals surface area contributed by atoms with Gasteiger partial charge in [0, 0.05) is 11.6 Å². The molecule has 0 N–H and O–H groups in total. The first-order valence-corrected chi connectivity index (χ1v) is 13.6. The van der Waals surface area contributed by atoms with E-state index in [4.69, 9.17) is 0 Å². The van der Waals surface area contributed by atoms with Crippen LogP contribution in [0.2, 0.25) is 0 Å². The number of rotatable bonds is 14. The molecule has 2 aromatic carbocycles. The van der Waals surface area contributed by atoms with Crippen LogP contribution >= 0.6 is 12.4 Å². The molecule has 2 rings (SSSR count). The largest absolute Gasteiger partial charge is 4.00 e. The van der Waals surface area contributed by atoms with Gasteiger partial charge in [-0.25, -0.2) is 0 Å². The zero-order chi connectivity index (χ0) is 30.8. The number of nitrogens with zero attached hydrogens (tertiary/aromatic N) is 2. The van der Waals surface area contributed by atoms with Gasteiger partial charge in [-0.1, -0.05) is 64.1 Å². The molecule has 0 aliphatic rings. The number of carbonyl (C=O) groups is 4. The maximum atomic E-state index is 11.2. The van der Waals surface area contributed by atoms with Crippen molar-refractivity contribution in [3.05, 3.63) is 84.6 Å². The van der Waals surface area contributed by atoms with Crippen molar-refractivity contribution in [2.24, 2.45) is 0 Å². The van der Waals surface area contributed by atoms with Gasteiger partial charge in [0.25, 0.3) is 0 Å². The van der Waals surface area contributed by atoms with Crippen LogP contribution < -0.4 is 10.2 Å². The second kappa shape index (κ2) is 31.6. The Balaban J connectivity index is -0.000000230. The topological polar surface area (TPSA) is 121 Å². The molecule has 0 aliphatic heterocycles. The molecule has 232 valence electrons. The van der Waals surface area contributed by atoms with Crippen molar-refractivity contribution >= 4 is 35.5 Å². The van der Waals surface area contributed by atoms with Crippen LogP contribution in [0, 0.1) is 12.8 Å². The third-order valence-corrected chi connectivity index (χ3v) is 5.39. The summed E-state index contributed by atoms with van der Waals surface area (Å²) in [7, 11) is 0. The van der Waals surface area contributed by atoms with E-state index < -0.39 is 0 Å². The van der Waals surface area contributed by atoms with Crippen molar-refractivity contribution in [3.63, 3.8) is 0 Å². The Bertz CT molecular complexity index is 863. The molecule has 2 aromatic rings. The molecule has 42 heavy (non-hydrogen) atoms. The van der Waals surface area contributed by atoms with E-state index in [0.717, 1.165) is 39.0 Å². The van der Waals surface area contributed by atoms with Gasteiger partial charge in [-0.3, -0.25) is 0 Å². The first-order chi connectivity index (χ1) is 19.1. The Morgan fingerprint density at radius 3 is 1.02 bits per heavy atom. The van der Waals surface area contributed by atoms with E-state index in [9.17, 15) is 29.4 Å². The van der Waals surface area contributed by atoms with Crippen molar-refractivity contribution in [1.82, 2.24) is 9.80 Å². The number of Topliss-reactive ketones (excluding diaryl/α,β-unsaturated/α-hetero) is 4. The molecule has 0 atom stereocenters. The van der Waals surface area contributed by atoms with E-state index in [1.165, 1.54) is 13.8 Å². The number of hydrogen-bond donors (Lipinski definition) is 0. The van der Waals surface area contributed by atoms with Gasteiger partial charge in [0.15, 0.2) is 0 Å². The Hall–Kier alpha value is -2.30. The smallest absolute Gasteiger partial charge is 0.854 e. The standard InChI is InChI=1S/2C10H9O2.2C6H14NO.ClH.Ti/c2*1-8(11)7-10(12)9-5-3-2-4-6-9;2*1-3-7(4-2)5-6-8;;/h2*2-7H,1H3;2*3-6H2,1-2H3;1H;/q4*-1;;+4. The molecule has 0 aliphatic carbocycles. The summed E-state index contributed by atoms with van der Waals surface area (Å²) < 4.78 is 0. The molecule has 0 heterocycles. The van der Waals surface area contributed by atoms with Gasteiger partial charge in [0.05, 0.1) is 11.6 Å². The van der Waals surface area contributed by atoms with Gasteiger partial charge in [-0.2, -0.15) is 0 Å². The molecule has 0 amide bonds.